The van der Waals surface area contributed by atoms with Crippen molar-refractivity contribution in [2.75, 3.05) is 31.6 Å². The fourth-order valence-electron chi connectivity index (χ4n) is 6.39. The normalized spacial score (nSPS) is 17.7. The van der Waals surface area contributed by atoms with E-state index in [0.717, 1.165) is 72.4 Å². The van der Waals surface area contributed by atoms with Crippen LogP contribution in [0, 0.1) is 0 Å². The van der Waals surface area contributed by atoms with Crippen LogP contribution in [0.5, 0.6) is 0 Å². The number of hydrogen-bond donors (Lipinski definition) is 0. The summed E-state index contributed by atoms with van der Waals surface area (Å²) in [7, 11) is 1.40. The quantitative estimate of drug-likeness (QED) is 0.344. The first-order valence-electron chi connectivity index (χ1n) is 14.5. The van der Waals surface area contributed by atoms with E-state index in [4.69, 9.17) is 4.74 Å². The highest BCUT2D eigenvalue weighted by atomic mass is 32.1. The highest BCUT2D eigenvalue weighted by Crippen LogP contribution is 2.49. The molecule has 2 amide bonds. The third-order valence-electron chi connectivity index (χ3n) is 8.22. The van der Waals surface area contributed by atoms with Crippen LogP contribution in [-0.2, 0) is 20.9 Å². The lowest BCUT2D eigenvalue weighted by molar-refractivity contribution is -0.132. The first kappa shape index (κ1) is 27.4. The molecule has 3 aromatic rings. The summed E-state index contributed by atoms with van der Waals surface area (Å²) in [6.07, 6.45) is 9.01. The molecule has 6 rings (SSSR count). The van der Waals surface area contributed by atoms with Gasteiger partial charge in [0.25, 0.3) is 0 Å². The molecule has 7 nitrogen and oxygen atoms in total. The van der Waals surface area contributed by atoms with E-state index < -0.39 is 0 Å². The van der Waals surface area contributed by atoms with Gasteiger partial charge in [-0.1, -0.05) is 51.3 Å². The van der Waals surface area contributed by atoms with Gasteiger partial charge >= 0.3 is 5.97 Å². The Kier molecular flexibility index (Phi) is 8.40. The van der Waals surface area contributed by atoms with Gasteiger partial charge in [0.15, 0.2) is 0 Å². The van der Waals surface area contributed by atoms with Gasteiger partial charge in [0.1, 0.15) is 18.0 Å². The average molecular weight is 550 g/mol. The lowest BCUT2D eigenvalue weighted by atomic mass is 9.83. The zero-order valence-corrected chi connectivity index (χ0v) is 24.1. The van der Waals surface area contributed by atoms with Crippen molar-refractivity contribution in [2.24, 2.45) is 0 Å². The fraction of sp³-hybridized carbons (Fsp3) is 0.516. The van der Waals surface area contributed by atoms with E-state index in [9.17, 15) is 14.4 Å². The molecule has 39 heavy (non-hydrogen) atoms. The Morgan fingerprint density at radius 3 is 2.41 bits per heavy atom. The zero-order chi connectivity index (χ0) is 27.5. The molecule has 0 spiro atoms. The Morgan fingerprint density at radius 2 is 1.69 bits per heavy atom. The molecule has 2 fully saturated rings. The van der Waals surface area contributed by atoms with Crippen molar-refractivity contribution in [3.05, 3.63) is 40.8 Å². The predicted octanol–water partition coefficient (Wildman–Crippen LogP) is 6.59. The van der Waals surface area contributed by atoms with Crippen LogP contribution in [0.1, 0.15) is 86.4 Å². The molecule has 0 bridgehead atoms. The van der Waals surface area contributed by atoms with E-state index in [1.54, 1.807) is 4.90 Å². The summed E-state index contributed by atoms with van der Waals surface area (Å²) in [4.78, 5) is 43.7. The highest BCUT2D eigenvalue weighted by molar-refractivity contribution is 7.21. The predicted molar refractivity (Wildman–Crippen MR) is 157 cm³/mol. The second-order valence-corrected chi connectivity index (χ2v) is 11.5. The highest BCUT2D eigenvalue weighted by Gasteiger charge is 2.35. The minimum absolute atomic E-state index is 0.00981. The maximum absolute atomic E-state index is 13.8. The van der Waals surface area contributed by atoms with Crippen LogP contribution >= 0.6 is 11.3 Å². The molecule has 4 heterocycles. The summed E-state index contributed by atoms with van der Waals surface area (Å²) in [6, 6.07) is 9.88. The minimum atomic E-state index is -0.348. The molecule has 8 heteroatoms. The number of likely N-dealkylation sites (tertiary alicyclic amines) is 1. The Hall–Kier alpha value is -3.13. The number of carbonyl (C=O) groups is 3. The Bertz CT molecular complexity index is 1360. The van der Waals surface area contributed by atoms with Gasteiger partial charge in [-0.05, 0) is 55.7 Å². The Morgan fingerprint density at radius 1 is 1.00 bits per heavy atom. The number of fused-ring (bicyclic) bond motifs is 5. The summed E-state index contributed by atoms with van der Waals surface area (Å²) in [5.41, 5.74) is 5.02. The number of rotatable bonds is 4. The number of benzene rings is 1. The van der Waals surface area contributed by atoms with Crippen molar-refractivity contribution >= 4 is 45.0 Å². The van der Waals surface area contributed by atoms with Crippen LogP contribution < -0.4 is 4.90 Å². The minimum Gasteiger partial charge on any atom is -0.465 e. The van der Waals surface area contributed by atoms with Gasteiger partial charge in [-0.15, -0.1) is 11.3 Å². The van der Waals surface area contributed by atoms with Crippen LogP contribution in [-0.4, -0.2) is 54.0 Å². The van der Waals surface area contributed by atoms with Crippen molar-refractivity contribution in [2.45, 2.75) is 77.7 Å². The standard InChI is InChI=1S/C29H33N3O4S.C2H6/c1-36-29(35)23-16-22-28(37-23)26(19-10-4-2-5-11-19)27-20-12-6-7-13-21(20)31(25(34)18-32(22)27)17-24(33)30-14-8-3-9-15-30;1-2/h6-7,12-13,16,19H,2-5,8-11,14-15,17-18H2,1H3;1-2H3. The number of amides is 2. The van der Waals surface area contributed by atoms with Crippen LogP contribution in [0.3, 0.4) is 0 Å². The number of piperidine rings is 1. The molecule has 0 unspecified atom stereocenters. The third kappa shape index (κ3) is 5.11. The van der Waals surface area contributed by atoms with E-state index in [0.29, 0.717) is 10.8 Å². The zero-order valence-electron chi connectivity index (χ0n) is 23.3. The molecule has 1 aliphatic carbocycles. The SMILES string of the molecule is CC.COC(=O)c1cc2c(s1)c(C1CCCCC1)c1n2CC(=O)N(CC(=O)N2CCCCC2)c2ccccc2-1. The maximum Gasteiger partial charge on any atom is 0.348 e. The number of esters is 1. The molecule has 3 aliphatic rings. The molecule has 0 atom stereocenters. The van der Waals surface area contributed by atoms with Crippen molar-refractivity contribution in [1.82, 2.24) is 9.47 Å². The average Bonchev–Trinajstić information content (AvgIpc) is 3.52. The van der Waals surface area contributed by atoms with E-state index >= 15 is 0 Å². The largest absolute Gasteiger partial charge is 0.465 e. The van der Waals surface area contributed by atoms with Gasteiger partial charge in [0.05, 0.1) is 28.7 Å². The lowest BCUT2D eigenvalue weighted by Crippen LogP contribution is -2.45. The lowest BCUT2D eigenvalue weighted by Gasteiger charge is -2.30. The number of thiophene rings is 1. The summed E-state index contributed by atoms with van der Waals surface area (Å²) >= 11 is 1.48. The maximum atomic E-state index is 13.8. The van der Waals surface area contributed by atoms with Crippen molar-refractivity contribution < 1.29 is 19.1 Å². The first-order valence-corrected chi connectivity index (χ1v) is 15.3. The van der Waals surface area contributed by atoms with Crippen LogP contribution in [0.25, 0.3) is 21.5 Å². The Balaban J connectivity index is 0.00000151. The number of para-hydroxylation sites is 1. The molecule has 1 saturated heterocycles. The molecule has 208 valence electrons. The molecule has 0 N–H and O–H groups in total. The van der Waals surface area contributed by atoms with Gasteiger partial charge in [-0.25, -0.2) is 4.79 Å². The van der Waals surface area contributed by atoms with Crippen LogP contribution in [0.4, 0.5) is 5.69 Å². The number of anilines is 1. The second kappa shape index (κ2) is 11.9. The second-order valence-electron chi connectivity index (χ2n) is 10.4. The summed E-state index contributed by atoms with van der Waals surface area (Å²) < 4.78 is 8.21. The van der Waals surface area contributed by atoms with E-state index in [1.165, 1.54) is 43.3 Å². The third-order valence-corrected chi connectivity index (χ3v) is 9.36. The molecule has 0 radical (unpaired) electrons. The molecule has 1 aromatic carbocycles. The van der Waals surface area contributed by atoms with Crippen molar-refractivity contribution in [1.29, 1.82) is 0 Å². The fourth-order valence-corrected chi connectivity index (χ4v) is 7.59. The summed E-state index contributed by atoms with van der Waals surface area (Å²) in [5, 5.41) is 0. The van der Waals surface area contributed by atoms with Crippen molar-refractivity contribution in [3.63, 3.8) is 0 Å². The Labute approximate surface area is 234 Å². The van der Waals surface area contributed by atoms with Gasteiger partial charge in [-0.2, -0.15) is 0 Å². The molecule has 2 aromatic heterocycles. The number of ether oxygens (including phenoxy) is 1. The number of methoxy groups -OCH3 is 1. The van der Waals surface area contributed by atoms with Gasteiger partial charge < -0.3 is 19.1 Å². The molecular formula is C31H39N3O4S. The topological polar surface area (TPSA) is 71.8 Å². The number of nitrogens with zero attached hydrogens (tertiary/aromatic N) is 3. The number of hydrogen-bond acceptors (Lipinski definition) is 5. The van der Waals surface area contributed by atoms with Crippen LogP contribution in [0.15, 0.2) is 30.3 Å². The van der Waals surface area contributed by atoms with Gasteiger partial charge in [0.2, 0.25) is 11.8 Å². The molecule has 1 saturated carbocycles. The number of carbonyl (C=O) groups excluding carboxylic acids is 3. The molecule has 2 aliphatic heterocycles. The smallest absolute Gasteiger partial charge is 0.348 e. The monoisotopic (exact) mass is 549 g/mol. The molecular weight excluding hydrogens is 510 g/mol. The van der Waals surface area contributed by atoms with Crippen LogP contribution in [0.2, 0.25) is 0 Å². The first-order chi connectivity index (χ1) is 19.1. The number of aromatic nitrogens is 1. The van der Waals surface area contributed by atoms with E-state index in [-0.39, 0.29) is 30.9 Å². The van der Waals surface area contributed by atoms with E-state index in [2.05, 4.69) is 10.6 Å². The van der Waals surface area contributed by atoms with E-state index in [1.807, 2.05) is 43.0 Å². The summed E-state index contributed by atoms with van der Waals surface area (Å²) in [5.74, 6) is -0.0642. The van der Waals surface area contributed by atoms with Crippen molar-refractivity contribution in [3.8, 4) is 11.3 Å². The van der Waals surface area contributed by atoms with Gasteiger partial charge in [-0.3, -0.25) is 9.59 Å². The van der Waals surface area contributed by atoms with Gasteiger partial charge in [0, 0.05) is 18.7 Å². The summed E-state index contributed by atoms with van der Waals surface area (Å²) in [6.45, 7) is 5.72.